The van der Waals surface area contributed by atoms with Crippen LogP contribution >= 0.6 is 0 Å². The van der Waals surface area contributed by atoms with Crippen LogP contribution < -0.4 is 0 Å². The summed E-state index contributed by atoms with van der Waals surface area (Å²) in [6.45, 7) is 15.0. The molecule has 0 aromatic rings. The van der Waals surface area contributed by atoms with Crippen LogP contribution in [0.1, 0.15) is 92.9 Å². The molecule has 2 aliphatic carbocycles. The minimum atomic E-state index is -0.165. The predicted molar refractivity (Wildman–Crippen MR) is 133 cm³/mol. The molecule has 188 valence electrons. The molecule has 6 nitrogen and oxygen atoms in total. The summed E-state index contributed by atoms with van der Waals surface area (Å²) in [5, 5.41) is 0. The number of Topliss-reactive ketones (excluding diaryl/α,β-unsaturated/α-hetero) is 4. The SMILES string of the molecule is CCCC(=O)C1=C(N2CCN(C3=C(C(=O)CCC)C(=O)CC(C)(C)C3)CC2)CC(C)(C)CC1=O. The molecule has 0 amide bonds. The summed E-state index contributed by atoms with van der Waals surface area (Å²) < 4.78 is 0. The van der Waals surface area contributed by atoms with E-state index in [1.807, 2.05) is 13.8 Å². The summed E-state index contributed by atoms with van der Waals surface area (Å²) in [6, 6.07) is 0. The van der Waals surface area contributed by atoms with Gasteiger partial charge in [0.2, 0.25) is 0 Å². The fourth-order valence-electron chi connectivity index (χ4n) is 5.70. The quantitative estimate of drug-likeness (QED) is 0.482. The van der Waals surface area contributed by atoms with Crippen molar-refractivity contribution in [3.63, 3.8) is 0 Å². The molecular formula is C28H42N2O4. The lowest BCUT2D eigenvalue weighted by atomic mass is 9.73. The number of carbonyl (C=O) groups is 4. The molecule has 1 saturated heterocycles. The first-order valence-corrected chi connectivity index (χ1v) is 13.0. The summed E-state index contributed by atoms with van der Waals surface area (Å²) in [5.41, 5.74) is 2.30. The number of hydrogen-bond acceptors (Lipinski definition) is 6. The Morgan fingerprint density at radius 3 is 1.26 bits per heavy atom. The second-order valence-corrected chi connectivity index (χ2v) is 11.8. The zero-order chi connectivity index (χ0) is 25.3. The van der Waals surface area contributed by atoms with E-state index in [9.17, 15) is 19.2 Å². The molecule has 0 atom stereocenters. The molecule has 1 heterocycles. The van der Waals surface area contributed by atoms with Crippen molar-refractivity contribution in [1.29, 1.82) is 0 Å². The van der Waals surface area contributed by atoms with Crippen LogP contribution in [0.5, 0.6) is 0 Å². The predicted octanol–water partition coefficient (Wildman–Crippen LogP) is 4.63. The van der Waals surface area contributed by atoms with E-state index in [0.29, 0.717) is 63.0 Å². The highest BCUT2D eigenvalue weighted by Crippen LogP contribution is 2.41. The normalized spacial score (nSPS) is 23.0. The van der Waals surface area contributed by atoms with Gasteiger partial charge in [-0.2, -0.15) is 0 Å². The first-order valence-electron chi connectivity index (χ1n) is 13.0. The highest BCUT2D eigenvalue weighted by molar-refractivity contribution is 6.22. The van der Waals surface area contributed by atoms with Crippen molar-refractivity contribution in [2.75, 3.05) is 26.2 Å². The highest BCUT2D eigenvalue weighted by atomic mass is 16.2. The van der Waals surface area contributed by atoms with E-state index in [2.05, 4.69) is 37.5 Å². The van der Waals surface area contributed by atoms with Gasteiger partial charge in [0, 0.05) is 63.3 Å². The van der Waals surface area contributed by atoms with E-state index in [1.54, 1.807) is 0 Å². The zero-order valence-corrected chi connectivity index (χ0v) is 22.0. The molecule has 1 aliphatic heterocycles. The molecule has 0 unspecified atom stereocenters. The van der Waals surface area contributed by atoms with Crippen LogP contribution in [0.3, 0.4) is 0 Å². The van der Waals surface area contributed by atoms with Crippen molar-refractivity contribution in [1.82, 2.24) is 9.80 Å². The third-order valence-corrected chi connectivity index (χ3v) is 7.26. The minimum Gasteiger partial charge on any atom is -0.371 e. The summed E-state index contributed by atoms with van der Waals surface area (Å²) in [6.07, 6.45) is 4.52. The van der Waals surface area contributed by atoms with Crippen LogP contribution in [-0.4, -0.2) is 59.1 Å². The molecule has 34 heavy (non-hydrogen) atoms. The standard InChI is InChI=1S/C28H42N2O4/c1-7-9-21(31)25-19(15-27(3,4)17-23(25)33)29-11-13-30(14-12-29)20-16-28(5,6)18-24(34)26(20)22(32)10-8-2/h7-18H2,1-6H3. The van der Waals surface area contributed by atoms with Crippen molar-refractivity contribution in [3.05, 3.63) is 22.5 Å². The zero-order valence-electron chi connectivity index (χ0n) is 22.0. The van der Waals surface area contributed by atoms with Gasteiger partial charge in [-0.05, 0) is 36.5 Å². The Bertz CT molecular complexity index is 854. The first kappa shape index (κ1) is 26.4. The van der Waals surface area contributed by atoms with E-state index in [4.69, 9.17) is 0 Å². The Morgan fingerprint density at radius 1 is 0.647 bits per heavy atom. The summed E-state index contributed by atoms with van der Waals surface area (Å²) in [4.78, 5) is 56.1. The molecule has 0 N–H and O–H groups in total. The van der Waals surface area contributed by atoms with Crippen molar-refractivity contribution in [3.8, 4) is 0 Å². The van der Waals surface area contributed by atoms with Crippen LogP contribution in [-0.2, 0) is 19.2 Å². The maximum absolute atomic E-state index is 13.0. The summed E-state index contributed by atoms with van der Waals surface area (Å²) in [5.74, 6) is -0.116. The Labute approximate surface area is 204 Å². The van der Waals surface area contributed by atoms with Gasteiger partial charge in [0.1, 0.15) is 0 Å². The molecule has 0 spiro atoms. The van der Waals surface area contributed by atoms with Gasteiger partial charge in [0.15, 0.2) is 23.1 Å². The van der Waals surface area contributed by atoms with Gasteiger partial charge >= 0.3 is 0 Å². The fourth-order valence-corrected chi connectivity index (χ4v) is 5.70. The average molecular weight is 471 g/mol. The van der Waals surface area contributed by atoms with Crippen LogP contribution in [0.4, 0.5) is 0 Å². The van der Waals surface area contributed by atoms with Gasteiger partial charge in [-0.25, -0.2) is 0 Å². The number of rotatable bonds is 8. The third-order valence-electron chi connectivity index (χ3n) is 7.26. The van der Waals surface area contributed by atoms with E-state index in [-0.39, 0.29) is 34.0 Å². The second kappa shape index (κ2) is 10.2. The molecule has 1 fully saturated rings. The van der Waals surface area contributed by atoms with E-state index in [0.717, 1.165) is 37.1 Å². The molecule has 0 bridgehead atoms. The molecule has 0 aromatic carbocycles. The van der Waals surface area contributed by atoms with Crippen molar-refractivity contribution in [2.24, 2.45) is 10.8 Å². The smallest absolute Gasteiger partial charge is 0.168 e. The largest absolute Gasteiger partial charge is 0.371 e. The average Bonchev–Trinajstić information content (AvgIpc) is 2.71. The number of piperazine rings is 1. The van der Waals surface area contributed by atoms with Gasteiger partial charge in [0.25, 0.3) is 0 Å². The van der Waals surface area contributed by atoms with Crippen LogP contribution in [0, 0.1) is 10.8 Å². The molecule has 0 aromatic heterocycles. The lowest BCUT2D eigenvalue weighted by molar-refractivity contribution is -0.125. The number of ketones is 4. The van der Waals surface area contributed by atoms with Crippen molar-refractivity contribution in [2.45, 2.75) is 92.9 Å². The van der Waals surface area contributed by atoms with Gasteiger partial charge in [0.05, 0.1) is 11.1 Å². The Hall–Kier alpha value is -2.24. The van der Waals surface area contributed by atoms with Gasteiger partial charge in [-0.1, -0.05) is 41.5 Å². The second-order valence-electron chi connectivity index (χ2n) is 11.8. The number of nitrogens with zero attached hydrogens (tertiary/aromatic N) is 2. The van der Waals surface area contributed by atoms with Crippen molar-refractivity contribution >= 4 is 23.1 Å². The van der Waals surface area contributed by atoms with E-state index < -0.39 is 0 Å². The Morgan fingerprint density at radius 2 is 0.971 bits per heavy atom. The van der Waals surface area contributed by atoms with Crippen LogP contribution in [0.25, 0.3) is 0 Å². The topological polar surface area (TPSA) is 74.8 Å². The Kier molecular flexibility index (Phi) is 7.89. The number of carbonyl (C=O) groups excluding carboxylic acids is 4. The third kappa shape index (κ3) is 5.69. The van der Waals surface area contributed by atoms with Crippen LogP contribution in [0.2, 0.25) is 0 Å². The van der Waals surface area contributed by atoms with Gasteiger partial charge in [-0.15, -0.1) is 0 Å². The summed E-state index contributed by atoms with van der Waals surface area (Å²) in [7, 11) is 0. The summed E-state index contributed by atoms with van der Waals surface area (Å²) >= 11 is 0. The lowest BCUT2D eigenvalue weighted by Crippen LogP contribution is -2.49. The first-order chi connectivity index (χ1) is 15.9. The highest BCUT2D eigenvalue weighted by Gasteiger charge is 2.40. The molecular weight excluding hydrogens is 428 g/mol. The Balaban J connectivity index is 1.88. The number of allylic oxidation sites excluding steroid dienone is 4. The monoisotopic (exact) mass is 470 g/mol. The molecule has 0 radical (unpaired) electrons. The maximum atomic E-state index is 13.0. The van der Waals surface area contributed by atoms with E-state index >= 15 is 0 Å². The van der Waals surface area contributed by atoms with Gasteiger partial charge in [-0.3, -0.25) is 19.2 Å². The van der Waals surface area contributed by atoms with Gasteiger partial charge < -0.3 is 9.80 Å². The maximum Gasteiger partial charge on any atom is 0.168 e. The lowest BCUT2D eigenvalue weighted by Gasteiger charge is -2.45. The molecule has 0 saturated carbocycles. The number of hydrogen-bond donors (Lipinski definition) is 0. The fraction of sp³-hybridized carbons (Fsp3) is 0.714. The molecule has 3 rings (SSSR count). The molecule has 6 heteroatoms. The molecule has 3 aliphatic rings. The van der Waals surface area contributed by atoms with E-state index in [1.165, 1.54) is 0 Å². The van der Waals surface area contributed by atoms with Crippen LogP contribution in [0.15, 0.2) is 22.5 Å². The minimum absolute atomic E-state index is 0.0260. The van der Waals surface area contributed by atoms with Crippen molar-refractivity contribution < 1.29 is 19.2 Å².